The van der Waals surface area contributed by atoms with Crippen molar-refractivity contribution in [3.05, 3.63) is 34.9 Å². The van der Waals surface area contributed by atoms with Gasteiger partial charge >= 0.3 is 12.2 Å². The standard InChI is InChI=1S/C23H26F5N3O3/c1-20(8-3-4-9-20)21(2,15-14(24)6-5-13(16(15)25)23(26,27)28)30-17(32)12-7-10-22(11-12)18(33)29-19(34)31-22/h5-6,12H,3-4,7-11H2,1-2H3,(H,30,32)(H2,29,31,33,34)/t12-,21-,22+/m1/s1. The maximum atomic E-state index is 15.3. The summed E-state index contributed by atoms with van der Waals surface area (Å²) in [6, 6.07) is 0.269. The van der Waals surface area contributed by atoms with Crippen molar-refractivity contribution in [3.63, 3.8) is 0 Å². The van der Waals surface area contributed by atoms with Crippen LogP contribution in [0.3, 0.4) is 0 Å². The van der Waals surface area contributed by atoms with Gasteiger partial charge in [0.25, 0.3) is 5.91 Å². The molecule has 186 valence electrons. The fourth-order valence-corrected chi connectivity index (χ4v) is 5.87. The number of amides is 4. The molecule has 1 heterocycles. The fraction of sp³-hybridized carbons (Fsp3) is 0.609. The molecule has 4 amide bonds. The van der Waals surface area contributed by atoms with E-state index in [0.717, 1.165) is 0 Å². The van der Waals surface area contributed by atoms with Gasteiger partial charge in [-0.25, -0.2) is 13.6 Å². The van der Waals surface area contributed by atoms with E-state index in [-0.39, 0.29) is 19.3 Å². The van der Waals surface area contributed by atoms with Crippen molar-refractivity contribution < 1.29 is 36.3 Å². The van der Waals surface area contributed by atoms with Gasteiger partial charge in [0.1, 0.15) is 17.2 Å². The zero-order chi connectivity index (χ0) is 25.1. The Labute approximate surface area is 193 Å². The van der Waals surface area contributed by atoms with E-state index in [2.05, 4.69) is 16.0 Å². The lowest BCUT2D eigenvalue weighted by atomic mass is 9.66. The van der Waals surface area contributed by atoms with Crippen molar-refractivity contribution in [2.75, 3.05) is 0 Å². The summed E-state index contributed by atoms with van der Waals surface area (Å²) in [6.07, 6.45) is -2.34. The van der Waals surface area contributed by atoms with E-state index < -0.39 is 69.2 Å². The molecule has 2 aliphatic carbocycles. The molecule has 34 heavy (non-hydrogen) atoms. The summed E-state index contributed by atoms with van der Waals surface area (Å²) >= 11 is 0. The Balaban J connectivity index is 1.72. The largest absolute Gasteiger partial charge is 0.419 e. The van der Waals surface area contributed by atoms with Crippen LogP contribution in [0, 0.1) is 23.0 Å². The minimum atomic E-state index is -5.04. The molecular formula is C23H26F5N3O3. The zero-order valence-corrected chi connectivity index (χ0v) is 18.8. The molecule has 3 fully saturated rings. The van der Waals surface area contributed by atoms with Crippen molar-refractivity contribution in [1.29, 1.82) is 0 Å². The van der Waals surface area contributed by atoms with Gasteiger partial charge in [0.15, 0.2) is 0 Å². The number of benzene rings is 1. The number of nitrogens with one attached hydrogen (secondary N) is 3. The molecule has 11 heteroatoms. The van der Waals surface area contributed by atoms with Crippen LogP contribution in [0.1, 0.15) is 69.9 Å². The first-order valence-electron chi connectivity index (χ1n) is 11.2. The summed E-state index contributed by atoms with van der Waals surface area (Å²) in [4.78, 5) is 37.2. The van der Waals surface area contributed by atoms with E-state index in [1.807, 2.05) is 0 Å². The Morgan fingerprint density at radius 2 is 1.76 bits per heavy atom. The van der Waals surface area contributed by atoms with Gasteiger partial charge in [-0.15, -0.1) is 0 Å². The number of hydrogen-bond acceptors (Lipinski definition) is 3. The Morgan fingerprint density at radius 3 is 2.32 bits per heavy atom. The van der Waals surface area contributed by atoms with Crippen molar-refractivity contribution in [1.82, 2.24) is 16.0 Å². The summed E-state index contributed by atoms with van der Waals surface area (Å²) < 4.78 is 70.7. The minimum absolute atomic E-state index is 0.0171. The highest BCUT2D eigenvalue weighted by atomic mass is 19.4. The van der Waals surface area contributed by atoms with Crippen molar-refractivity contribution in [3.8, 4) is 0 Å². The van der Waals surface area contributed by atoms with Gasteiger partial charge in [-0.3, -0.25) is 14.9 Å². The molecule has 1 spiro atoms. The van der Waals surface area contributed by atoms with Gasteiger partial charge in [-0.2, -0.15) is 13.2 Å². The molecule has 0 bridgehead atoms. The minimum Gasteiger partial charge on any atom is -0.346 e. The van der Waals surface area contributed by atoms with Gasteiger partial charge in [-0.1, -0.05) is 19.8 Å². The topological polar surface area (TPSA) is 87.3 Å². The number of carbonyl (C=O) groups excluding carboxylic acids is 3. The third-order valence-corrected chi connectivity index (χ3v) is 8.08. The average molecular weight is 487 g/mol. The normalized spacial score (nSPS) is 28.0. The number of carbonyl (C=O) groups is 3. The Morgan fingerprint density at radius 1 is 1.12 bits per heavy atom. The summed E-state index contributed by atoms with van der Waals surface area (Å²) in [5, 5.41) is 7.38. The van der Waals surface area contributed by atoms with Crippen LogP contribution in [0.5, 0.6) is 0 Å². The lowest BCUT2D eigenvalue weighted by Gasteiger charge is -2.46. The van der Waals surface area contributed by atoms with E-state index in [9.17, 15) is 27.6 Å². The molecule has 1 saturated heterocycles. The first kappa shape index (κ1) is 24.4. The van der Waals surface area contributed by atoms with E-state index in [4.69, 9.17) is 0 Å². The van der Waals surface area contributed by atoms with Gasteiger partial charge in [0.05, 0.1) is 11.1 Å². The average Bonchev–Trinajstić information content (AvgIpc) is 3.41. The summed E-state index contributed by atoms with van der Waals surface area (Å²) in [5.41, 5.74) is -6.35. The third-order valence-electron chi connectivity index (χ3n) is 8.08. The highest BCUT2D eigenvalue weighted by Gasteiger charge is 2.56. The highest BCUT2D eigenvalue weighted by Crippen LogP contribution is 2.53. The van der Waals surface area contributed by atoms with E-state index >= 15 is 8.78 Å². The molecule has 1 aromatic carbocycles. The lowest BCUT2D eigenvalue weighted by molar-refractivity contribution is -0.140. The van der Waals surface area contributed by atoms with Gasteiger partial charge in [0.2, 0.25) is 5.91 Å². The molecule has 3 aliphatic rings. The van der Waals surface area contributed by atoms with E-state index in [1.54, 1.807) is 6.92 Å². The first-order valence-corrected chi connectivity index (χ1v) is 11.2. The third kappa shape index (κ3) is 3.73. The van der Waals surface area contributed by atoms with Crippen molar-refractivity contribution in [2.45, 2.75) is 76.0 Å². The predicted octanol–water partition coefficient (Wildman–Crippen LogP) is 4.27. The van der Waals surface area contributed by atoms with Crippen LogP contribution in [0.25, 0.3) is 0 Å². The highest BCUT2D eigenvalue weighted by molar-refractivity contribution is 6.07. The maximum Gasteiger partial charge on any atom is 0.419 e. The number of halogens is 5. The summed E-state index contributed by atoms with van der Waals surface area (Å²) in [7, 11) is 0. The van der Waals surface area contributed by atoms with Gasteiger partial charge in [-0.05, 0) is 56.6 Å². The quantitative estimate of drug-likeness (QED) is 0.438. The Hall–Kier alpha value is -2.72. The number of rotatable bonds is 4. The second-order valence-corrected chi connectivity index (χ2v) is 10.1. The molecule has 0 unspecified atom stereocenters. The number of alkyl halides is 3. The molecular weight excluding hydrogens is 461 g/mol. The molecule has 3 N–H and O–H groups in total. The van der Waals surface area contributed by atoms with Gasteiger partial charge in [0, 0.05) is 11.5 Å². The fourth-order valence-electron chi connectivity index (χ4n) is 5.87. The number of imide groups is 1. The second-order valence-electron chi connectivity index (χ2n) is 10.1. The van der Waals surface area contributed by atoms with Crippen LogP contribution in [-0.2, 0) is 21.3 Å². The Kier molecular flexibility index (Phi) is 5.68. The molecule has 1 aliphatic heterocycles. The molecule has 6 nitrogen and oxygen atoms in total. The number of urea groups is 1. The van der Waals surface area contributed by atoms with E-state index in [0.29, 0.717) is 37.8 Å². The van der Waals surface area contributed by atoms with Crippen LogP contribution in [-0.4, -0.2) is 23.4 Å². The van der Waals surface area contributed by atoms with Crippen LogP contribution in [0.15, 0.2) is 12.1 Å². The van der Waals surface area contributed by atoms with Crippen LogP contribution >= 0.6 is 0 Å². The molecule has 0 aromatic heterocycles. The molecule has 0 radical (unpaired) electrons. The molecule has 2 saturated carbocycles. The molecule has 1 aromatic rings. The smallest absolute Gasteiger partial charge is 0.346 e. The second kappa shape index (κ2) is 7.91. The molecule has 4 rings (SSSR count). The first-order chi connectivity index (χ1) is 15.7. The van der Waals surface area contributed by atoms with Crippen LogP contribution < -0.4 is 16.0 Å². The summed E-state index contributed by atoms with van der Waals surface area (Å²) in [6.45, 7) is 3.08. The summed E-state index contributed by atoms with van der Waals surface area (Å²) in [5.74, 6) is -4.86. The predicted molar refractivity (Wildman–Crippen MR) is 110 cm³/mol. The monoisotopic (exact) mass is 487 g/mol. The SMILES string of the molecule is CC1([C@](C)(NC(=O)[C@@H]2CC[C@@]3(C2)NC(=O)NC3=O)c2c(F)ccc(C(F)(F)F)c2F)CCCC1. The van der Waals surface area contributed by atoms with Crippen LogP contribution in [0.4, 0.5) is 26.7 Å². The van der Waals surface area contributed by atoms with Crippen molar-refractivity contribution in [2.24, 2.45) is 11.3 Å². The lowest BCUT2D eigenvalue weighted by Crippen LogP contribution is -2.56. The maximum absolute atomic E-state index is 15.3. The zero-order valence-electron chi connectivity index (χ0n) is 18.8. The Bertz CT molecular complexity index is 1050. The van der Waals surface area contributed by atoms with E-state index in [1.165, 1.54) is 6.92 Å². The molecule has 3 atom stereocenters. The van der Waals surface area contributed by atoms with Crippen LogP contribution in [0.2, 0.25) is 0 Å². The van der Waals surface area contributed by atoms with Gasteiger partial charge < -0.3 is 10.6 Å². The van der Waals surface area contributed by atoms with Crippen molar-refractivity contribution >= 4 is 17.8 Å². The number of hydrogen-bond donors (Lipinski definition) is 3.